The molecular formula is C24H23BrN2O4. The van der Waals surface area contributed by atoms with Crippen molar-refractivity contribution in [1.82, 2.24) is 10.9 Å². The molecule has 0 unspecified atom stereocenters. The van der Waals surface area contributed by atoms with Crippen LogP contribution in [0.4, 0.5) is 0 Å². The van der Waals surface area contributed by atoms with Gasteiger partial charge in [-0.25, -0.2) is 0 Å². The van der Waals surface area contributed by atoms with E-state index in [1.165, 1.54) is 0 Å². The monoisotopic (exact) mass is 482 g/mol. The van der Waals surface area contributed by atoms with Crippen LogP contribution in [0.2, 0.25) is 0 Å². The Hall–Kier alpha value is -3.32. The molecule has 0 bridgehead atoms. The van der Waals surface area contributed by atoms with Crippen LogP contribution in [0.1, 0.15) is 40.1 Å². The summed E-state index contributed by atoms with van der Waals surface area (Å²) in [6.07, 6.45) is -0.101. The van der Waals surface area contributed by atoms with Gasteiger partial charge in [0, 0.05) is 4.47 Å². The first-order chi connectivity index (χ1) is 14.9. The van der Waals surface area contributed by atoms with Crippen LogP contribution in [-0.4, -0.2) is 17.9 Å². The van der Waals surface area contributed by atoms with Gasteiger partial charge in [-0.05, 0) is 49.7 Å². The zero-order valence-electron chi connectivity index (χ0n) is 17.2. The topological polar surface area (TPSA) is 76.7 Å². The number of nitrogens with one attached hydrogen (secondary N) is 2. The summed E-state index contributed by atoms with van der Waals surface area (Å²) in [7, 11) is 0. The molecule has 0 aliphatic carbocycles. The van der Waals surface area contributed by atoms with Gasteiger partial charge in [0.05, 0.1) is 17.2 Å². The van der Waals surface area contributed by atoms with Crippen LogP contribution >= 0.6 is 15.9 Å². The summed E-state index contributed by atoms with van der Waals surface area (Å²) in [5, 5.41) is 0. The number of carbonyl (C=O) groups is 2. The second-order valence-electron chi connectivity index (χ2n) is 6.99. The number of halogens is 1. The van der Waals surface area contributed by atoms with Crippen LogP contribution < -0.4 is 20.3 Å². The third-order valence-electron chi connectivity index (χ3n) is 4.21. The van der Waals surface area contributed by atoms with E-state index in [9.17, 15) is 9.59 Å². The van der Waals surface area contributed by atoms with Crippen molar-refractivity contribution in [2.24, 2.45) is 0 Å². The SMILES string of the molecule is CC(C)Oc1ccc(Br)cc1C(=O)NNC(=O)c1ccccc1OCc1ccccc1. The number of hydrogen-bond donors (Lipinski definition) is 2. The average Bonchev–Trinajstić information content (AvgIpc) is 2.77. The van der Waals surface area contributed by atoms with Crippen molar-refractivity contribution in [3.05, 3.63) is 94.0 Å². The van der Waals surface area contributed by atoms with Gasteiger partial charge in [-0.15, -0.1) is 0 Å². The molecule has 2 amide bonds. The van der Waals surface area contributed by atoms with Crippen molar-refractivity contribution < 1.29 is 19.1 Å². The normalized spacial score (nSPS) is 10.5. The Kier molecular flexibility index (Phi) is 7.67. The number of ether oxygens (including phenoxy) is 2. The molecule has 3 aromatic carbocycles. The molecule has 0 heterocycles. The second-order valence-corrected chi connectivity index (χ2v) is 7.90. The molecule has 0 radical (unpaired) electrons. The van der Waals surface area contributed by atoms with Gasteiger partial charge in [0.25, 0.3) is 11.8 Å². The van der Waals surface area contributed by atoms with Gasteiger partial charge in [0.15, 0.2) is 0 Å². The Balaban J connectivity index is 1.67. The molecule has 3 aromatic rings. The van der Waals surface area contributed by atoms with Crippen molar-refractivity contribution in [3.8, 4) is 11.5 Å². The Morgan fingerprint density at radius 2 is 1.48 bits per heavy atom. The lowest BCUT2D eigenvalue weighted by molar-refractivity contribution is 0.0840. The third-order valence-corrected chi connectivity index (χ3v) is 4.70. The minimum absolute atomic E-state index is 0.101. The molecule has 0 saturated heterocycles. The predicted octanol–water partition coefficient (Wildman–Crippen LogP) is 4.89. The molecule has 160 valence electrons. The van der Waals surface area contributed by atoms with E-state index in [1.807, 2.05) is 44.2 Å². The van der Waals surface area contributed by atoms with Gasteiger partial charge in [0.2, 0.25) is 0 Å². The van der Waals surface area contributed by atoms with Gasteiger partial charge in [-0.3, -0.25) is 20.4 Å². The fourth-order valence-corrected chi connectivity index (χ4v) is 3.16. The van der Waals surface area contributed by atoms with Gasteiger partial charge in [-0.2, -0.15) is 0 Å². The minimum atomic E-state index is -0.493. The van der Waals surface area contributed by atoms with Crippen molar-refractivity contribution in [1.29, 1.82) is 0 Å². The van der Waals surface area contributed by atoms with Gasteiger partial charge < -0.3 is 9.47 Å². The van der Waals surface area contributed by atoms with E-state index in [2.05, 4.69) is 26.8 Å². The fraction of sp³-hybridized carbons (Fsp3) is 0.167. The molecule has 31 heavy (non-hydrogen) atoms. The minimum Gasteiger partial charge on any atom is -0.490 e. The van der Waals surface area contributed by atoms with Gasteiger partial charge >= 0.3 is 0 Å². The molecule has 3 rings (SSSR count). The van der Waals surface area contributed by atoms with Crippen molar-refractivity contribution in [2.75, 3.05) is 0 Å². The highest BCUT2D eigenvalue weighted by Crippen LogP contribution is 2.24. The van der Waals surface area contributed by atoms with E-state index in [4.69, 9.17) is 9.47 Å². The first kappa shape index (κ1) is 22.4. The molecule has 0 saturated carbocycles. The summed E-state index contributed by atoms with van der Waals surface area (Å²) in [6, 6.07) is 21.6. The summed E-state index contributed by atoms with van der Waals surface area (Å²) in [5.41, 5.74) is 6.49. The average molecular weight is 483 g/mol. The van der Waals surface area contributed by atoms with E-state index in [0.717, 1.165) is 10.0 Å². The first-order valence-electron chi connectivity index (χ1n) is 9.76. The standard InChI is InChI=1S/C24H23BrN2O4/c1-16(2)31-22-13-12-18(25)14-20(22)24(29)27-26-23(28)19-10-6-7-11-21(19)30-15-17-8-4-3-5-9-17/h3-14,16H,15H2,1-2H3,(H,26,28)(H,27,29). The van der Waals surface area contributed by atoms with E-state index < -0.39 is 11.8 Å². The number of carbonyl (C=O) groups excluding carboxylic acids is 2. The van der Waals surface area contributed by atoms with Crippen LogP contribution in [0.5, 0.6) is 11.5 Å². The zero-order valence-corrected chi connectivity index (χ0v) is 18.8. The van der Waals surface area contributed by atoms with Crippen LogP contribution in [0.3, 0.4) is 0 Å². The zero-order chi connectivity index (χ0) is 22.2. The summed E-state index contributed by atoms with van der Waals surface area (Å²) < 4.78 is 12.2. The predicted molar refractivity (Wildman–Crippen MR) is 122 cm³/mol. The van der Waals surface area contributed by atoms with E-state index in [0.29, 0.717) is 29.2 Å². The second kappa shape index (κ2) is 10.6. The Morgan fingerprint density at radius 3 is 2.19 bits per heavy atom. The number of benzene rings is 3. The summed E-state index contributed by atoms with van der Waals surface area (Å²) in [6.45, 7) is 4.07. The molecular weight excluding hydrogens is 460 g/mol. The van der Waals surface area contributed by atoms with Gasteiger partial charge in [-0.1, -0.05) is 58.4 Å². The first-order valence-corrected chi connectivity index (χ1v) is 10.6. The highest BCUT2D eigenvalue weighted by Gasteiger charge is 2.17. The maximum Gasteiger partial charge on any atom is 0.273 e. The summed E-state index contributed by atoms with van der Waals surface area (Å²) in [5.74, 6) is -0.132. The molecule has 0 aliphatic heterocycles. The smallest absolute Gasteiger partial charge is 0.273 e. The molecule has 6 nitrogen and oxygen atoms in total. The lowest BCUT2D eigenvalue weighted by Gasteiger charge is -2.15. The Morgan fingerprint density at radius 1 is 0.839 bits per heavy atom. The molecule has 2 N–H and O–H groups in total. The highest BCUT2D eigenvalue weighted by atomic mass is 79.9. The van der Waals surface area contributed by atoms with E-state index in [1.54, 1.807) is 42.5 Å². The molecule has 0 aliphatic rings. The largest absolute Gasteiger partial charge is 0.490 e. The van der Waals surface area contributed by atoms with Crippen molar-refractivity contribution >= 4 is 27.7 Å². The fourth-order valence-electron chi connectivity index (χ4n) is 2.80. The Labute approximate surface area is 189 Å². The third kappa shape index (κ3) is 6.33. The maximum absolute atomic E-state index is 12.7. The number of hydrazine groups is 1. The summed E-state index contributed by atoms with van der Waals surface area (Å²) >= 11 is 3.35. The lowest BCUT2D eigenvalue weighted by Crippen LogP contribution is -2.42. The van der Waals surface area contributed by atoms with Crippen LogP contribution in [0, 0.1) is 0 Å². The number of para-hydroxylation sites is 1. The molecule has 0 atom stereocenters. The van der Waals surface area contributed by atoms with Crippen molar-refractivity contribution in [3.63, 3.8) is 0 Å². The number of amides is 2. The number of hydrogen-bond acceptors (Lipinski definition) is 4. The van der Waals surface area contributed by atoms with Crippen LogP contribution in [0.15, 0.2) is 77.3 Å². The van der Waals surface area contributed by atoms with Gasteiger partial charge in [0.1, 0.15) is 18.1 Å². The number of rotatable bonds is 7. The molecule has 0 aromatic heterocycles. The maximum atomic E-state index is 12.7. The van der Waals surface area contributed by atoms with Crippen LogP contribution in [0.25, 0.3) is 0 Å². The van der Waals surface area contributed by atoms with Crippen LogP contribution in [-0.2, 0) is 6.61 Å². The lowest BCUT2D eigenvalue weighted by atomic mass is 10.2. The quantitative estimate of drug-likeness (QED) is 0.470. The summed E-state index contributed by atoms with van der Waals surface area (Å²) in [4.78, 5) is 25.4. The molecule has 0 fully saturated rings. The Bertz CT molecular complexity index is 1050. The highest BCUT2D eigenvalue weighted by molar-refractivity contribution is 9.10. The molecule has 0 spiro atoms. The molecule has 7 heteroatoms. The van der Waals surface area contributed by atoms with Crippen molar-refractivity contribution in [2.45, 2.75) is 26.6 Å². The van der Waals surface area contributed by atoms with E-state index in [-0.39, 0.29) is 6.10 Å². The van der Waals surface area contributed by atoms with E-state index >= 15 is 0 Å².